The first-order chi connectivity index (χ1) is 9.65. The van der Waals surface area contributed by atoms with E-state index in [0.717, 1.165) is 0 Å². The van der Waals surface area contributed by atoms with Crippen molar-refractivity contribution in [3.8, 4) is 17.2 Å². The van der Waals surface area contributed by atoms with Crippen LogP contribution in [0.25, 0.3) is 0 Å². The van der Waals surface area contributed by atoms with Gasteiger partial charge in [-0.15, -0.1) is 0 Å². The highest BCUT2D eigenvalue weighted by molar-refractivity contribution is 9.08. The summed E-state index contributed by atoms with van der Waals surface area (Å²) >= 11 is 3.16. The van der Waals surface area contributed by atoms with Gasteiger partial charge in [0.05, 0.1) is 6.61 Å². The zero-order valence-electron chi connectivity index (χ0n) is 10.8. The van der Waals surface area contributed by atoms with E-state index in [1.54, 1.807) is 24.3 Å². The molecular formula is C15H13BrF2O2. The second-order valence-corrected chi connectivity index (χ2v) is 4.56. The SMILES string of the molecule is CCOc1ccccc1Oc1c(F)cc(CBr)cc1F. The molecule has 2 aromatic rings. The van der Waals surface area contributed by atoms with Crippen LogP contribution in [0, 0.1) is 11.6 Å². The Labute approximate surface area is 124 Å². The molecule has 2 aromatic carbocycles. The topological polar surface area (TPSA) is 18.5 Å². The molecule has 0 aliphatic rings. The lowest BCUT2D eigenvalue weighted by atomic mass is 10.2. The molecule has 2 nitrogen and oxygen atoms in total. The van der Waals surface area contributed by atoms with Crippen molar-refractivity contribution in [1.82, 2.24) is 0 Å². The Hall–Kier alpha value is -1.62. The van der Waals surface area contributed by atoms with Crippen LogP contribution in [0.1, 0.15) is 12.5 Å². The van der Waals surface area contributed by atoms with E-state index >= 15 is 0 Å². The zero-order valence-corrected chi connectivity index (χ0v) is 12.4. The predicted octanol–water partition coefficient (Wildman–Crippen LogP) is 5.05. The fraction of sp³-hybridized carbons (Fsp3) is 0.200. The number of para-hydroxylation sites is 2. The number of hydrogen-bond donors (Lipinski definition) is 0. The average Bonchev–Trinajstić information content (AvgIpc) is 2.44. The van der Waals surface area contributed by atoms with E-state index in [0.29, 0.717) is 23.2 Å². The van der Waals surface area contributed by atoms with Crippen LogP contribution >= 0.6 is 15.9 Å². The Morgan fingerprint density at radius 1 is 1.05 bits per heavy atom. The van der Waals surface area contributed by atoms with Crippen molar-refractivity contribution < 1.29 is 18.3 Å². The van der Waals surface area contributed by atoms with Crippen LogP contribution in [0.4, 0.5) is 8.78 Å². The maximum atomic E-state index is 13.9. The standard InChI is InChI=1S/C15H13BrF2O2/c1-2-19-13-5-3-4-6-14(13)20-15-11(17)7-10(9-16)8-12(15)18/h3-8H,2,9H2,1H3. The summed E-state index contributed by atoms with van der Waals surface area (Å²) in [4.78, 5) is 0. The summed E-state index contributed by atoms with van der Waals surface area (Å²) in [6, 6.07) is 9.22. The van der Waals surface area contributed by atoms with Crippen molar-refractivity contribution >= 4 is 15.9 Å². The van der Waals surface area contributed by atoms with Gasteiger partial charge in [0.1, 0.15) is 0 Å². The number of rotatable bonds is 5. The van der Waals surface area contributed by atoms with E-state index in [4.69, 9.17) is 9.47 Å². The molecule has 0 unspecified atom stereocenters. The van der Waals surface area contributed by atoms with Gasteiger partial charge in [0.25, 0.3) is 0 Å². The molecule has 0 spiro atoms. The molecule has 20 heavy (non-hydrogen) atoms. The summed E-state index contributed by atoms with van der Waals surface area (Å²) in [7, 11) is 0. The first-order valence-corrected chi connectivity index (χ1v) is 7.21. The van der Waals surface area contributed by atoms with Gasteiger partial charge in [0.2, 0.25) is 0 Å². The van der Waals surface area contributed by atoms with Crippen molar-refractivity contribution in [2.75, 3.05) is 6.61 Å². The maximum absolute atomic E-state index is 13.9. The fourth-order valence-corrected chi connectivity index (χ4v) is 2.03. The van der Waals surface area contributed by atoms with Gasteiger partial charge in [-0.25, -0.2) is 8.78 Å². The highest BCUT2D eigenvalue weighted by Gasteiger charge is 2.15. The summed E-state index contributed by atoms with van der Waals surface area (Å²) in [6.07, 6.45) is 0. The zero-order chi connectivity index (χ0) is 14.5. The van der Waals surface area contributed by atoms with Gasteiger partial charge in [0.15, 0.2) is 28.9 Å². The maximum Gasteiger partial charge on any atom is 0.198 e. The van der Waals surface area contributed by atoms with E-state index in [9.17, 15) is 8.78 Å². The van der Waals surface area contributed by atoms with Crippen molar-refractivity contribution in [2.45, 2.75) is 12.3 Å². The third kappa shape index (κ3) is 3.28. The molecule has 0 heterocycles. The molecule has 0 aliphatic heterocycles. The van der Waals surface area contributed by atoms with E-state index < -0.39 is 17.4 Å². The molecular weight excluding hydrogens is 330 g/mol. The summed E-state index contributed by atoms with van der Waals surface area (Å²) < 4.78 is 38.4. The third-order valence-corrected chi connectivity index (χ3v) is 3.22. The highest BCUT2D eigenvalue weighted by atomic mass is 79.9. The number of benzene rings is 2. The average molecular weight is 343 g/mol. The molecule has 0 radical (unpaired) electrons. The van der Waals surface area contributed by atoms with Crippen LogP contribution in [0.15, 0.2) is 36.4 Å². The van der Waals surface area contributed by atoms with E-state index in [1.807, 2.05) is 6.92 Å². The molecule has 0 aromatic heterocycles. The third-order valence-electron chi connectivity index (χ3n) is 2.57. The summed E-state index contributed by atoms with van der Waals surface area (Å²) in [6.45, 7) is 2.26. The van der Waals surface area contributed by atoms with Gasteiger partial charge in [-0.05, 0) is 36.8 Å². The first-order valence-electron chi connectivity index (χ1n) is 6.09. The Bertz CT molecular complexity index is 579. The largest absolute Gasteiger partial charge is 0.490 e. The number of halogens is 3. The first kappa shape index (κ1) is 14.8. The van der Waals surface area contributed by atoms with Gasteiger partial charge in [-0.2, -0.15) is 0 Å². The molecule has 0 saturated carbocycles. The molecule has 0 atom stereocenters. The molecule has 5 heteroatoms. The molecule has 0 aliphatic carbocycles. The van der Waals surface area contributed by atoms with Crippen molar-refractivity contribution in [1.29, 1.82) is 0 Å². The molecule has 0 bridgehead atoms. The molecule has 106 valence electrons. The van der Waals surface area contributed by atoms with Crippen LogP contribution in [0.5, 0.6) is 17.2 Å². The fourth-order valence-electron chi connectivity index (χ4n) is 1.71. The van der Waals surface area contributed by atoms with Gasteiger partial charge in [0, 0.05) is 5.33 Å². The number of ether oxygens (including phenoxy) is 2. The molecule has 2 rings (SSSR count). The number of hydrogen-bond acceptors (Lipinski definition) is 2. The van der Waals surface area contributed by atoms with Crippen LogP contribution in [0.2, 0.25) is 0 Å². The molecule has 0 fully saturated rings. The van der Waals surface area contributed by atoms with Gasteiger partial charge in [-0.1, -0.05) is 28.1 Å². The minimum Gasteiger partial charge on any atom is -0.490 e. The normalized spacial score (nSPS) is 10.4. The lowest BCUT2D eigenvalue weighted by molar-refractivity contribution is 0.315. The summed E-state index contributed by atoms with van der Waals surface area (Å²) in [5.74, 6) is -1.20. The second-order valence-electron chi connectivity index (χ2n) is 4.00. The highest BCUT2D eigenvalue weighted by Crippen LogP contribution is 2.34. The van der Waals surface area contributed by atoms with Crippen molar-refractivity contribution in [3.63, 3.8) is 0 Å². The lowest BCUT2D eigenvalue weighted by Gasteiger charge is -2.12. The van der Waals surface area contributed by atoms with Crippen molar-refractivity contribution in [2.24, 2.45) is 0 Å². The minimum atomic E-state index is -0.745. The van der Waals surface area contributed by atoms with Crippen LogP contribution in [0.3, 0.4) is 0 Å². The Balaban J connectivity index is 2.35. The molecule has 0 N–H and O–H groups in total. The van der Waals surface area contributed by atoms with Crippen molar-refractivity contribution in [3.05, 3.63) is 53.6 Å². The van der Waals surface area contributed by atoms with Crippen LogP contribution < -0.4 is 9.47 Å². The monoisotopic (exact) mass is 342 g/mol. The predicted molar refractivity (Wildman–Crippen MR) is 76.7 cm³/mol. The molecule has 0 amide bonds. The summed E-state index contributed by atoms with van der Waals surface area (Å²) in [5, 5.41) is 0.372. The minimum absolute atomic E-state index is 0.277. The van der Waals surface area contributed by atoms with E-state index in [-0.39, 0.29) is 5.75 Å². The Morgan fingerprint density at radius 3 is 2.20 bits per heavy atom. The van der Waals surface area contributed by atoms with Crippen LogP contribution in [-0.2, 0) is 5.33 Å². The Morgan fingerprint density at radius 2 is 1.65 bits per heavy atom. The van der Waals surface area contributed by atoms with Gasteiger partial charge >= 0.3 is 0 Å². The quantitative estimate of drug-likeness (QED) is 0.708. The lowest BCUT2D eigenvalue weighted by Crippen LogP contribution is -1.98. The van der Waals surface area contributed by atoms with Gasteiger partial charge < -0.3 is 9.47 Å². The van der Waals surface area contributed by atoms with E-state index in [1.165, 1.54) is 12.1 Å². The number of alkyl halides is 1. The van der Waals surface area contributed by atoms with E-state index in [2.05, 4.69) is 15.9 Å². The second kappa shape index (κ2) is 6.70. The van der Waals surface area contributed by atoms with Gasteiger partial charge in [-0.3, -0.25) is 0 Å². The van der Waals surface area contributed by atoms with Crippen LogP contribution in [-0.4, -0.2) is 6.61 Å². The summed E-state index contributed by atoms with van der Waals surface area (Å²) in [5.41, 5.74) is 0.505. The molecule has 0 saturated heterocycles. The Kier molecular flexibility index (Phi) is 4.95. The smallest absolute Gasteiger partial charge is 0.198 e.